The lowest BCUT2D eigenvalue weighted by molar-refractivity contribution is -0.170. The van der Waals surface area contributed by atoms with Crippen LogP contribution in [0.1, 0.15) is 5.56 Å². The van der Waals surface area contributed by atoms with E-state index in [-0.39, 0.29) is 5.69 Å². The Bertz CT molecular complexity index is 352. The highest BCUT2D eigenvalue weighted by atomic mass is 19.3. The molecule has 1 rings (SSSR count). The second-order valence-corrected chi connectivity index (χ2v) is 2.69. The van der Waals surface area contributed by atoms with Gasteiger partial charge in [-0.3, -0.25) is 0 Å². The number of benzene rings is 1. The summed E-state index contributed by atoms with van der Waals surface area (Å²) in [7, 11) is 0.905. The average molecular weight is 201 g/mol. The molecule has 0 radical (unpaired) electrons. The number of hydrogen-bond acceptors (Lipinski definition) is 3. The average Bonchev–Trinajstić information content (AvgIpc) is 2.16. The summed E-state index contributed by atoms with van der Waals surface area (Å²) in [6.07, 6.45) is 0. The van der Waals surface area contributed by atoms with E-state index in [2.05, 4.69) is 4.74 Å². The van der Waals surface area contributed by atoms with E-state index >= 15 is 0 Å². The van der Waals surface area contributed by atoms with Crippen molar-refractivity contribution in [3.8, 4) is 0 Å². The second kappa shape index (κ2) is 3.61. The number of nitrogens with two attached hydrogens (primary N) is 1. The summed E-state index contributed by atoms with van der Waals surface area (Å²) in [5.74, 6) is -5.24. The molecule has 0 amide bonds. The van der Waals surface area contributed by atoms with Crippen LogP contribution in [0.15, 0.2) is 24.3 Å². The number of esters is 1. The number of carbonyl (C=O) groups excluding carboxylic acids is 1. The van der Waals surface area contributed by atoms with Crippen LogP contribution in [0, 0.1) is 0 Å². The van der Waals surface area contributed by atoms with Gasteiger partial charge in [0.15, 0.2) is 0 Å². The van der Waals surface area contributed by atoms with Gasteiger partial charge in [0.25, 0.3) is 0 Å². The molecule has 1 aromatic rings. The number of anilines is 1. The molecule has 0 aliphatic carbocycles. The first-order chi connectivity index (χ1) is 6.48. The van der Waals surface area contributed by atoms with Gasteiger partial charge in [-0.1, -0.05) is 12.1 Å². The quantitative estimate of drug-likeness (QED) is 0.583. The van der Waals surface area contributed by atoms with Gasteiger partial charge >= 0.3 is 11.9 Å². The fourth-order valence-corrected chi connectivity index (χ4v) is 0.980. The first-order valence-electron chi connectivity index (χ1n) is 3.80. The number of nitrogen functional groups attached to an aromatic ring is 1. The smallest absolute Gasteiger partial charge is 0.381 e. The Morgan fingerprint density at radius 3 is 2.64 bits per heavy atom. The molecule has 76 valence electrons. The Balaban J connectivity index is 3.09. The predicted octanol–water partition coefficient (Wildman–Crippen LogP) is 1.53. The number of carbonyl (C=O) groups is 1. The lowest BCUT2D eigenvalue weighted by Gasteiger charge is -2.13. The normalized spacial score (nSPS) is 11.1. The zero-order chi connectivity index (χ0) is 10.8. The summed E-state index contributed by atoms with van der Waals surface area (Å²) >= 11 is 0. The van der Waals surface area contributed by atoms with Crippen molar-refractivity contribution < 1.29 is 18.3 Å². The summed E-state index contributed by atoms with van der Waals surface area (Å²) in [6.45, 7) is 0. The molecule has 0 saturated carbocycles. The molecule has 14 heavy (non-hydrogen) atoms. The minimum Gasteiger partial charge on any atom is -0.464 e. The van der Waals surface area contributed by atoms with Crippen LogP contribution in [0.3, 0.4) is 0 Å². The molecule has 0 saturated heterocycles. The van der Waals surface area contributed by atoms with Crippen LogP contribution < -0.4 is 5.73 Å². The number of halogens is 2. The molecule has 0 aromatic heterocycles. The molecular weight excluding hydrogens is 192 g/mol. The molecule has 2 N–H and O–H groups in total. The first-order valence-corrected chi connectivity index (χ1v) is 3.80. The van der Waals surface area contributed by atoms with Crippen molar-refractivity contribution in [3.63, 3.8) is 0 Å². The Morgan fingerprint density at radius 2 is 2.14 bits per heavy atom. The van der Waals surface area contributed by atoms with Crippen molar-refractivity contribution in [2.45, 2.75) is 5.92 Å². The zero-order valence-electron chi connectivity index (χ0n) is 7.46. The molecule has 3 nitrogen and oxygen atoms in total. The van der Waals surface area contributed by atoms with Crippen molar-refractivity contribution in [3.05, 3.63) is 29.8 Å². The fraction of sp³-hybridized carbons (Fsp3) is 0.222. The maximum absolute atomic E-state index is 13.2. The molecule has 5 heteroatoms. The lowest BCUT2D eigenvalue weighted by Crippen LogP contribution is -2.27. The summed E-state index contributed by atoms with van der Waals surface area (Å²) in [5.41, 5.74) is 5.02. The number of methoxy groups -OCH3 is 1. The zero-order valence-corrected chi connectivity index (χ0v) is 7.46. The van der Waals surface area contributed by atoms with Gasteiger partial charge in [0.05, 0.1) is 7.11 Å². The molecular formula is C9H9F2NO2. The van der Waals surface area contributed by atoms with Gasteiger partial charge in [-0.05, 0) is 12.1 Å². The molecule has 0 fully saturated rings. The standard InChI is InChI=1S/C9H9F2NO2/c1-14-8(13)9(10,11)6-3-2-4-7(12)5-6/h2-5H,12H2,1H3. The largest absolute Gasteiger partial charge is 0.464 e. The van der Waals surface area contributed by atoms with E-state index in [1.165, 1.54) is 12.1 Å². The molecule has 0 aliphatic heterocycles. The summed E-state index contributed by atoms with van der Waals surface area (Å²) in [5, 5.41) is 0. The van der Waals surface area contributed by atoms with Crippen LogP contribution in [0.25, 0.3) is 0 Å². The van der Waals surface area contributed by atoms with Crippen molar-refractivity contribution >= 4 is 11.7 Å². The topological polar surface area (TPSA) is 52.3 Å². The van der Waals surface area contributed by atoms with Gasteiger partial charge in [-0.15, -0.1) is 0 Å². The van der Waals surface area contributed by atoms with Crippen LogP contribution in [-0.4, -0.2) is 13.1 Å². The number of rotatable bonds is 2. The molecule has 0 heterocycles. The van der Waals surface area contributed by atoms with Crippen molar-refractivity contribution in [2.75, 3.05) is 12.8 Å². The van der Waals surface area contributed by atoms with Crippen LogP contribution in [0.5, 0.6) is 0 Å². The summed E-state index contributed by atoms with van der Waals surface area (Å²) < 4.78 is 30.4. The lowest BCUT2D eigenvalue weighted by atomic mass is 10.1. The van der Waals surface area contributed by atoms with Crippen LogP contribution >= 0.6 is 0 Å². The Labute approximate surface area is 79.5 Å². The molecule has 0 bridgehead atoms. The molecule has 0 atom stereocenters. The SMILES string of the molecule is COC(=O)C(F)(F)c1cccc(N)c1. The Kier molecular flexibility index (Phi) is 2.69. The highest BCUT2D eigenvalue weighted by Crippen LogP contribution is 2.30. The van der Waals surface area contributed by atoms with Crippen molar-refractivity contribution in [1.82, 2.24) is 0 Å². The molecule has 0 unspecified atom stereocenters. The predicted molar refractivity (Wildman–Crippen MR) is 46.8 cm³/mol. The van der Waals surface area contributed by atoms with E-state index in [0.29, 0.717) is 0 Å². The first kappa shape index (κ1) is 10.4. The van der Waals surface area contributed by atoms with E-state index in [9.17, 15) is 13.6 Å². The monoisotopic (exact) mass is 201 g/mol. The van der Waals surface area contributed by atoms with E-state index < -0.39 is 17.5 Å². The summed E-state index contributed by atoms with van der Waals surface area (Å²) in [6, 6.07) is 4.96. The molecule has 0 spiro atoms. The molecule has 1 aromatic carbocycles. The Hall–Kier alpha value is -1.65. The fourth-order valence-electron chi connectivity index (χ4n) is 0.980. The minimum atomic E-state index is -3.65. The van der Waals surface area contributed by atoms with E-state index in [1.54, 1.807) is 0 Å². The van der Waals surface area contributed by atoms with Gasteiger partial charge in [-0.25, -0.2) is 4.79 Å². The van der Waals surface area contributed by atoms with Gasteiger partial charge in [0.1, 0.15) is 0 Å². The van der Waals surface area contributed by atoms with E-state index in [1.807, 2.05) is 0 Å². The second-order valence-electron chi connectivity index (χ2n) is 2.69. The highest BCUT2D eigenvalue weighted by molar-refractivity contribution is 5.79. The minimum absolute atomic E-state index is 0.172. The molecule has 0 aliphatic rings. The van der Waals surface area contributed by atoms with Gasteiger partial charge in [0, 0.05) is 11.3 Å². The van der Waals surface area contributed by atoms with Crippen LogP contribution in [-0.2, 0) is 15.5 Å². The van der Waals surface area contributed by atoms with Gasteiger partial charge < -0.3 is 10.5 Å². The van der Waals surface area contributed by atoms with Gasteiger partial charge in [-0.2, -0.15) is 8.78 Å². The Morgan fingerprint density at radius 1 is 1.50 bits per heavy atom. The third-order valence-electron chi connectivity index (χ3n) is 1.69. The van der Waals surface area contributed by atoms with E-state index in [0.717, 1.165) is 19.2 Å². The third-order valence-corrected chi connectivity index (χ3v) is 1.69. The highest BCUT2D eigenvalue weighted by Gasteiger charge is 2.42. The van der Waals surface area contributed by atoms with Crippen LogP contribution in [0.4, 0.5) is 14.5 Å². The van der Waals surface area contributed by atoms with Crippen LogP contribution in [0.2, 0.25) is 0 Å². The summed E-state index contributed by atoms with van der Waals surface area (Å²) in [4.78, 5) is 10.7. The van der Waals surface area contributed by atoms with Crippen molar-refractivity contribution in [2.24, 2.45) is 0 Å². The number of hydrogen-bond donors (Lipinski definition) is 1. The third kappa shape index (κ3) is 1.81. The number of alkyl halides is 2. The number of ether oxygens (including phenoxy) is 1. The van der Waals surface area contributed by atoms with Crippen molar-refractivity contribution in [1.29, 1.82) is 0 Å². The maximum atomic E-state index is 13.2. The van der Waals surface area contributed by atoms with E-state index in [4.69, 9.17) is 5.73 Å². The maximum Gasteiger partial charge on any atom is 0.381 e. The van der Waals surface area contributed by atoms with Gasteiger partial charge in [0.2, 0.25) is 0 Å².